The van der Waals surface area contributed by atoms with Gasteiger partial charge in [0.2, 0.25) is 0 Å². The van der Waals surface area contributed by atoms with Gasteiger partial charge >= 0.3 is 0 Å². The van der Waals surface area contributed by atoms with Crippen molar-refractivity contribution < 1.29 is 13.5 Å². The minimum absolute atomic E-state index is 0.770. The lowest BCUT2D eigenvalue weighted by Gasteiger charge is -2.23. The van der Waals surface area contributed by atoms with Crippen LogP contribution in [0.2, 0.25) is 0 Å². The molecule has 2 atom stereocenters. The lowest BCUT2D eigenvalue weighted by atomic mass is 10.00. The molecule has 4 nitrogen and oxygen atoms in total. The molecule has 2 aliphatic heterocycles. The summed E-state index contributed by atoms with van der Waals surface area (Å²) < 4.78 is 40.3. The van der Waals surface area contributed by atoms with Gasteiger partial charge in [0.25, 0.3) is 0 Å². The summed E-state index contributed by atoms with van der Waals surface area (Å²) in [5, 5.41) is 9.20. The third-order valence-corrected chi connectivity index (χ3v) is 17.8. The first kappa shape index (κ1) is 30.3. The maximum Gasteiger partial charge on any atom is 0.172 e. The predicted octanol–water partition coefficient (Wildman–Crippen LogP) is 9.92. The molecule has 2 aromatic heterocycles. The molecule has 0 aliphatic carbocycles. The highest BCUT2D eigenvalue weighted by Gasteiger charge is 2.52. The molecule has 254 valence electrons. The van der Waals surface area contributed by atoms with Gasteiger partial charge in [0, 0.05) is 76.3 Å². The summed E-state index contributed by atoms with van der Waals surface area (Å²) in [4.78, 5) is 0. The second-order valence-corrected chi connectivity index (χ2v) is 19.7. The highest BCUT2D eigenvalue weighted by atomic mass is 31.2. The average molecular weight is 730 g/mol. The van der Waals surface area contributed by atoms with Crippen molar-refractivity contribution in [1.82, 2.24) is 4.57 Å². The minimum atomic E-state index is -3.28. The Morgan fingerprint density at radius 1 is 0.389 bits per heavy atom. The number of nitrogens with zero attached hydrogens (tertiary/aromatic N) is 1. The average Bonchev–Trinajstić information content (AvgIpc) is 3.92. The Morgan fingerprint density at radius 3 is 1.69 bits per heavy atom. The van der Waals surface area contributed by atoms with E-state index in [0.717, 1.165) is 104 Å². The maximum atomic E-state index is 15.8. The number of hydrogen-bond donors (Lipinski definition) is 0. The number of aromatic nitrogens is 1. The van der Waals surface area contributed by atoms with Gasteiger partial charge in [0.15, 0.2) is 14.3 Å². The van der Waals surface area contributed by atoms with Gasteiger partial charge in [0.05, 0.1) is 11.0 Å². The summed E-state index contributed by atoms with van der Waals surface area (Å²) in [5.41, 5.74) is 8.49. The number of rotatable bonds is 4. The fourth-order valence-electron chi connectivity index (χ4n) is 9.22. The smallest absolute Gasteiger partial charge is 0.172 e. The van der Waals surface area contributed by atoms with E-state index in [-0.39, 0.29) is 0 Å². The standard InChI is InChI=1S/C48H29NO3P2/c50-53(33-15-3-1-4-16-33)43-23-12-24-44-47(43)48-45(53)26-31(27-46(48)54(44,51)34-17-5-2-6-18-34)30-13-11-14-32(25-30)49-39-21-9-7-19-35(39)37-28-38-36-20-8-10-22-41(36)52-42(38)29-40(37)49/h1-29H. The molecule has 0 N–H and O–H groups in total. The van der Waals surface area contributed by atoms with Crippen LogP contribution in [0.3, 0.4) is 0 Å². The van der Waals surface area contributed by atoms with Crippen molar-refractivity contribution in [2.45, 2.75) is 0 Å². The molecule has 0 spiro atoms. The zero-order valence-corrected chi connectivity index (χ0v) is 30.6. The Labute approximate surface area is 310 Å². The molecule has 8 aromatic carbocycles. The molecule has 0 bridgehead atoms. The maximum absolute atomic E-state index is 15.8. The van der Waals surface area contributed by atoms with Gasteiger partial charge in [-0.25, -0.2) is 0 Å². The molecule has 54 heavy (non-hydrogen) atoms. The van der Waals surface area contributed by atoms with Crippen molar-refractivity contribution in [1.29, 1.82) is 0 Å². The van der Waals surface area contributed by atoms with Crippen molar-refractivity contribution in [3.8, 4) is 27.9 Å². The van der Waals surface area contributed by atoms with Crippen LogP contribution in [0.15, 0.2) is 180 Å². The van der Waals surface area contributed by atoms with Crippen LogP contribution in [0.1, 0.15) is 0 Å². The Hall–Kier alpha value is -6.18. The molecule has 0 amide bonds. The summed E-state index contributed by atoms with van der Waals surface area (Å²) in [7, 11) is -6.56. The zero-order chi connectivity index (χ0) is 35.8. The second-order valence-electron chi connectivity index (χ2n) is 14.3. The van der Waals surface area contributed by atoms with E-state index >= 15 is 9.13 Å². The molecule has 2 unspecified atom stereocenters. The summed E-state index contributed by atoms with van der Waals surface area (Å²) in [6, 6.07) is 59.4. The first-order valence-electron chi connectivity index (χ1n) is 18.1. The fraction of sp³-hybridized carbons (Fsp3) is 0. The molecular weight excluding hydrogens is 700 g/mol. The number of hydrogen-bond acceptors (Lipinski definition) is 3. The van der Waals surface area contributed by atoms with E-state index in [1.165, 1.54) is 0 Å². The summed E-state index contributed by atoms with van der Waals surface area (Å²) in [6.07, 6.45) is 0. The summed E-state index contributed by atoms with van der Waals surface area (Å²) in [6.45, 7) is 0. The molecule has 12 rings (SSSR count). The zero-order valence-electron chi connectivity index (χ0n) is 28.8. The molecule has 6 heteroatoms. The van der Waals surface area contributed by atoms with Gasteiger partial charge in [-0.15, -0.1) is 0 Å². The van der Waals surface area contributed by atoms with Crippen molar-refractivity contribution >= 4 is 89.9 Å². The van der Waals surface area contributed by atoms with Crippen molar-refractivity contribution in [2.75, 3.05) is 0 Å². The minimum Gasteiger partial charge on any atom is -0.456 e. The molecule has 2 aliphatic rings. The fourth-order valence-corrected chi connectivity index (χ4v) is 15.6. The molecule has 0 fully saturated rings. The molecule has 0 radical (unpaired) electrons. The van der Waals surface area contributed by atoms with Crippen LogP contribution in [0.4, 0.5) is 0 Å². The third kappa shape index (κ3) is 3.79. The number of benzene rings is 8. The first-order valence-corrected chi connectivity index (χ1v) is 21.6. The lowest BCUT2D eigenvalue weighted by molar-refractivity contribution is 0.592. The molecule has 0 saturated carbocycles. The normalized spacial score (nSPS) is 18.3. The van der Waals surface area contributed by atoms with Crippen LogP contribution < -0.4 is 31.8 Å². The van der Waals surface area contributed by atoms with Gasteiger partial charge < -0.3 is 18.1 Å². The number of furan rings is 1. The van der Waals surface area contributed by atoms with Gasteiger partial charge in [0.1, 0.15) is 11.2 Å². The van der Waals surface area contributed by atoms with E-state index in [2.05, 4.69) is 89.5 Å². The van der Waals surface area contributed by atoms with Gasteiger partial charge in [-0.3, -0.25) is 0 Å². The number of fused-ring (bicyclic) bond motifs is 6. The van der Waals surface area contributed by atoms with Crippen LogP contribution in [0.5, 0.6) is 0 Å². The Morgan fingerprint density at radius 2 is 0.981 bits per heavy atom. The quantitative estimate of drug-likeness (QED) is 0.170. The largest absolute Gasteiger partial charge is 0.456 e. The van der Waals surface area contributed by atoms with Crippen LogP contribution >= 0.6 is 14.3 Å². The number of para-hydroxylation sites is 2. The summed E-state index contributed by atoms with van der Waals surface area (Å²) >= 11 is 0. The Kier molecular flexibility index (Phi) is 6.01. The van der Waals surface area contributed by atoms with E-state index in [4.69, 9.17) is 4.42 Å². The van der Waals surface area contributed by atoms with Gasteiger partial charge in [-0.1, -0.05) is 127 Å². The summed E-state index contributed by atoms with van der Waals surface area (Å²) in [5.74, 6) is 0. The molecular formula is C48H29NO3P2. The van der Waals surface area contributed by atoms with E-state index in [1.54, 1.807) is 0 Å². The lowest BCUT2D eigenvalue weighted by Crippen LogP contribution is -2.28. The van der Waals surface area contributed by atoms with Crippen molar-refractivity contribution in [3.05, 3.63) is 176 Å². The van der Waals surface area contributed by atoms with Crippen LogP contribution in [0, 0.1) is 0 Å². The molecule has 0 saturated heterocycles. The van der Waals surface area contributed by atoms with Gasteiger partial charge in [-0.2, -0.15) is 0 Å². The Bertz CT molecular complexity index is 3240. The second kappa shape index (κ2) is 10.7. The molecule has 4 heterocycles. The van der Waals surface area contributed by atoms with E-state index in [1.807, 2.05) is 91.0 Å². The van der Waals surface area contributed by atoms with E-state index in [0.29, 0.717) is 0 Å². The van der Waals surface area contributed by atoms with E-state index in [9.17, 15) is 0 Å². The first-order chi connectivity index (χ1) is 26.5. The highest BCUT2D eigenvalue weighted by Crippen LogP contribution is 2.61. The van der Waals surface area contributed by atoms with Crippen molar-refractivity contribution in [3.63, 3.8) is 0 Å². The monoisotopic (exact) mass is 729 g/mol. The van der Waals surface area contributed by atoms with Crippen LogP contribution in [-0.2, 0) is 9.13 Å². The van der Waals surface area contributed by atoms with Crippen LogP contribution in [0.25, 0.3) is 71.7 Å². The van der Waals surface area contributed by atoms with Crippen LogP contribution in [-0.4, -0.2) is 4.57 Å². The third-order valence-electron chi connectivity index (χ3n) is 11.6. The Balaban J connectivity index is 1.12. The SMILES string of the molecule is O=P1(c2ccccc2)c2cccc3c2-c2c1cc(-c1cccc(-n4c5ccccc5c5cc6c(cc54)oc4ccccc46)c1)cc2P3(=O)c1ccccc1. The van der Waals surface area contributed by atoms with E-state index < -0.39 is 14.3 Å². The van der Waals surface area contributed by atoms with Gasteiger partial charge in [-0.05, 0) is 53.6 Å². The topological polar surface area (TPSA) is 52.2 Å². The predicted molar refractivity (Wildman–Crippen MR) is 225 cm³/mol. The molecule has 10 aromatic rings. The van der Waals surface area contributed by atoms with Crippen molar-refractivity contribution in [2.24, 2.45) is 0 Å². The highest BCUT2D eigenvalue weighted by molar-refractivity contribution is 7.89.